The van der Waals surface area contributed by atoms with E-state index in [1.165, 1.54) is 29.1 Å². The summed E-state index contributed by atoms with van der Waals surface area (Å²) in [5, 5.41) is 18.5. The molecule has 0 saturated carbocycles. The molecule has 4 nitrogen and oxygen atoms in total. The summed E-state index contributed by atoms with van der Waals surface area (Å²) < 4.78 is 0. The van der Waals surface area contributed by atoms with Gasteiger partial charge in [0.2, 0.25) is 0 Å². The van der Waals surface area contributed by atoms with Crippen LogP contribution in [0.2, 0.25) is 0 Å². The molecule has 0 saturated heterocycles. The second kappa shape index (κ2) is 9.59. The minimum Gasteiger partial charge on any atom is -0.507 e. The van der Waals surface area contributed by atoms with E-state index in [2.05, 4.69) is 22.3 Å². The minimum absolute atomic E-state index is 0.168. The maximum atomic E-state index is 10.0. The molecule has 5 heteroatoms. The zero-order valence-electron chi connectivity index (χ0n) is 14.8. The van der Waals surface area contributed by atoms with Gasteiger partial charge in [-0.25, -0.2) is 0 Å². The second-order valence-electron chi connectivity index (χ2n) is 6.01. The first-order valence-corrected chi connectivity index (χ1v) is 9.58. The van der Waals surface area contributed by atoms with E-state index >= 15 is 0 Å². The van der Waals surface area contributed by atoms with Gasteiger partial charge in [0.25, 0.3) is 0 Å². The van der Waals surface area contributed by atoms with Crippen LogP contribution in [0.25, 0.3) is 0 Å². The monoisotopic (exact) mass is 375 g/mol. The molecule has 136 valence electrons. The van der Waals surface area contributed by atoms with E-state index in [0.29, 0.717) is 10.7 Å². The van der Waals surface area contributed by atoms with Gasteiger partial charge in [-0.1, -0.05) is 78.5 Å². The van der Waals surface area contributed by atoms with Crippen LogP contribution in [-0.4, -0.2) is 16.5 Å². The van der Waals surface area contributed by atoms with Crippen molar-refractivity contribution in [3.05, 3.63) is 101 Å². The molecule has 0 heterocycles. The summed E-state index contributed by atoms with van der Waals surface area (Å²) in [4.78, 5) is 0. The first-order valence-electron chi connectivity index (χ1n) is 8.60. The van der Waals surface area contributed by atoms with E-state index in [1.807, 2.05) is 60.7 Å². The van der Waals surface area contributed by atoms with Crippen molar-refractivity contribution in [3.63, 3.8) is 0 Å². The van der Waals surface area contributed by atoms with Gasteiger partial charge in [0, 0.05) is 11.3 Å². The maximum absolute atomic E-state index is 10.0. The molecule has 0 fully saturated rings. The van der Waals surface area contributed by atoms with Gasteiger partial charge in [0.1, 0.15) is 5.75 Å². The summed E-state index contributed by atoms with van der Waals surface area (Å²) in [7, 11) is 0. The average Bonchev–Trinajstić information content (AvgIpc) is 2.70. The Morgan fingerprint density at radius 1 is 0.889 bits per heavy atom. The number of benzene rings is 3. The molecular weight excluding hydrogens is 354 g/mol. The zero-order valence-corrected chi connectivity index (χ0v) is 15.6. The number of phenols is 1. The Balaban J connectivity index is 1.62. The van der Waals surface area contributed by atoms with Crippen LogP contribution >= 0.6 is 11.8 Å². The van der Waals surface area contributed by atoms with Crippen LogP contribution in [0.5, 0.6) is 5.75 Å². The van der Waals surface area contributed by atoms with E-state index in [0.717, 1.165) is 17.7 Å². The van der Waals surface area contributed by atoms with Crippen LogP contribution in [0.4, 0.5) is 0 Å². The second-order valence-corrected chi connectivity index (χ2v) is 7.01. The predicted molar refractivity (Wildman–Crippen MR) is 114 cm³/mol. The molecule has 3 aromatic carbocycles. The van der Waals surface area contributed by atoms with Crippen molar-refractivity contribution in [2.24, 2.45) is 15.9 Å². The topological polar surface area (TPSA) is 71.0 Å². The van der Waals surface area contributed by atoms with Gasteiger partial charge in [-0.2, -0.15) is 5.10 Å². The maximum Gasteiger partial charge on any atom is 0.180 e. The first-order chi connectivity index (χ1) is 13.2. The van der Waals surface area contributed by atoms with Crippen molar-refractivity contribution in [2.75, 3.05) is 0 Å². The number of nitrogens with zero attached hydrogens (tertiary/aromatic N) is 2. The molecule has 0 radical (unpaired) electrons. The minimum atomic E-state index is 0.168. The smallest absolute Gasteiger partial charge is 0.180 e. The number of hydrogen-bond donors (Lipinski definition) is 2. The Hall–Kier alpha value is -3.05. The van der Waals surface area contributed by atoms with Gasteiger partial charge in [0.15, 0.2) is 5.17 Å². The molecule has 0 amide bonds. The first kappa shape index (κ1) is 18.7. The van der Waals surface area contributed by atoms with Gasteiger partial charge in [-0.3, -0.25) is 0 Å². The lowest BCUT2D eigenvalue weighted by Crippen LogP contribution is -2.06. The third kappa shape index (κ3) is 6.01. The van der Waals surface area contributed by atoms with Crippen molar-refractivity contribution in [3.8, 4) is 5.75 Å². The molecule has 0 aromatic heterocycles. The van der Waals surface area contributed by atoms with Crippen LogP contribution in [0.15, 0.2) is 89.1 Å². The fraction of sp³-hybridized carbons (Fsp3) is 0.0909. The number of rotatable bonds is 6. The van der Waals surface area contributed by atoms with E-state index in [-0.39, 0.29) is 5.75 Å². The summed E-state index contributed by atoms with van der Waals surface area (Å²) in [5.74, 6) is 0.907. The lowest BCUT2D eigenvalue weighted by Gasteiger charge is -2.05. The Labute approximate surface area is 163 Å². The summed E-state index contributed by atoms with van der Waals surface area (Å²) in [6.45, 7) is 0. The highest BCUT2D eigenvalue weighted by Crippen LogP contribution is 2.19. The number of aromatic hydroxyl groups is 1. The van der Waals surface area contributed by atoms with E-state index in [9.17, 15) is 5.11 Å². The van der Waals surface area contributed by atoms with Crippen LogP contribution < -0.4 is 5.73 Å². The van der Waals surface area contributed by atoms with Crippen LogP contribution in [0.1, 0.15) is 22.3 Å². The summed E-state index contributed by atoms with van der Waals surface area (Å²) in [6, 6.07) is 25.7. The van der Waals surface area contributed by atoms with Gasteiger partial charge in [-0.05, 0) is 35.2 Å². The zero-order chi connectivity index (χ0) is 18.9. The molecule has 27 heavy (non-hydrogen) atoms. The number of hydrogen-bond acceptors (Lipinski definition) is 4. The van der Waals surface area contributed by atoms with Gasteiger partial charge >= 0.3 is 0 Å². The summed E-state index contributed by atoms with van der Waals surface area (Å²) in [5.41, 5.74) is 9.99. The van der Waals surface area contributed by atoms with Crippen LogP contribution in [-0.2, 0) is 12.2 Å². The van der Waals surface area contributed by atoms with Crippen molar-refractivity contribution in [1.82, 2.24) is 0 Å². The lowest BCUT2D eigenvalue weighted by atomic mass is 10.0. The predicted octanol–water partition coefficient (Wildman–Crippen LogP) is 4.57. The molecule has 0 aliphatic carbocycles. The highest BCUT2D eigenvalue weighted by molar-refractivity contribution is 8.13. The molecule has 3 N–H and O–H groups in total. The third-order valence-corrected chi connectivity index (χ3v) is 4.78. The van der Waals surface area contributed by atoms with Crippen molar-refractivity contribution < 1.29 is 5.11 Å². The highest BCUT2D eigenvalue weighted by atomic mass is 32.2. The average molecular weight is 375 g/mol. The molecule has 0 bridgehead atoms. The normalized spacial score (nSPS) is 11.8. The molecule has 0 atom stereocenters. The summed E-state index contributed by atoms with van der Waals surface area (Å²) >= 11 is 1.43. The molecule has 0 aliphatic heterocycles. The fourth-order valence-electron chi connectivity index (χ4n) is 2.56. The van der Waals surface area contributed by atoms with Gasteiger partial charge in [0.05, 0.1) is 6.21 Å². The molecule has 0 unspecified atom stereocenters. The molecule has 3 rings (SSSR count). The molecular formula is C22H21N3OS. The Morgan fingerprint density at radius 3 is 2.26 bits per heavy atom. The van der Waals surface area contributed by atoms with Crippen molar-refractivity contribution >= 4 is 23.1 Å². The molecule has 3 aromatic rings. The van der Waals surface area contributed by atoms with E-state index < -0.39 is 0 Å². The van der Waals surface area contributed by atoms with Gasteiger partial charge < -0.3 is 10.8 Å². The molecule has 0 aliphatic rings. The van der Waals surface area contributed by atoms with Crippen molar-refractivity contribution in [1.29, 1.82) is 0 Å². The van der Waals surface area contributed by atoms with Crippen LogP contribution in [0.3, 0.4) is 0 Å². The summed E-state index contributed by atoms with van der Waals surface area (Å²) in [6.07, 6.45) is 2.32. The SMILES string of the molecule is NC(=NN=Cc1cc(Cc2ccccc2)ccc1O)SCc1ccccc1. The largest absolute Gasteiger partial charge is 0.507 e. The quantitative estimate of drug-likeness (QED) is 0.377. The Kier molecular flexibility index (Phi) is 6.66. The van der Waals surface area contributed by atoms with E-state index in [1.54, 1.807) is 6.07 Å². The van der Waals surface area contributed by atoms with E-state index in [4.69, 9.17) is 5.73 Å². The standard InChI is InChI=1S/C22H21N3OS/c23-22(27-16-18-9-5-2-6-10-18)25-24-15-20-14-19(11-12-21(20)26)13-17-7-3-1-4-8-17/h1-12,14-15,26H,13,16H2,(H2,23,25). The number of nitrogens with two attached hydrogens (primary N) is 1. The molecule has 0 spiro atoms. The third-order valence-electron chi connectivity index (χ3n) is 3.93. The Morgan fingerprint density at radius 2 is 1.56 bits per heavy atom. The fourth-order valence-corrected chi connectivity index (χ4v) is 3.17. The number of thioether (sulfide) groups is 1. The number of phenolic OH excluding ortho intramolecular Hbond substituents is 1. The van der Waals surface area contributed by atoms with Gasteiger partial charge in [-0.15, -0.1) is 5.10 Å². The van der Waals surface area contributed by atoms with Crippen LogP contribution in [0, 0.1) is 0 Å². The number of amidine groups is 1. The Bertz CT molecular complexity index is 925. The van der Waals surface area contributed by atoms with Crippen molar-refractivity contribution in [2.45, 2.75) is 12.2 Å². The lowest BCUT2D eigenvalue weighted by molar-refractivity contribution is 0.474. The highest BCUT2D eigenvalue weighted by Gasteiger charge is 2.02.